The zero-order valence-electron chi connectivity index (χ0n) is 11.1. The first kappa shape index (κ1) is 14.8. The Morgan fingerprint density at radius 2 is 1.71 bits per heavy atom. The standard InChI is InChI=1S/C14H26ClNO/c1-2-3-4-5-6-7-8-14(17)16-11-9-13(15)10-12-16/h13H,2-12H2,1H3. The number of carbonyl (C=O) groups is 1. The lowest BCUT2D eigenvalue weighted by Crippen LogP contribution is -2.38. The molecule has 0 spiro atoms. The summed E-state index contributed by atoms with van der Waals surface area (Å²) in [7, 11) is 0. The van der Waals surface area contributed by atoms with Gasteiger partial charge in [-0.05, 0) is 19.3 Å². The fourth-order valence-electron chi connectivity index (χ4n) is 2.31. The van der Waals surface area contributed by atoms with E-state index >= 15 is 0 Å². The highest BCUT2D eigenvalue weighted by atomic mass is 35.5. The van der Waals surface area contributed by atoms with Crippen molar-refractivity contribution in [1.29, 1.82) is 0 Å². The van der Waals surface area contributed by atoms with Crippen molar-refractivity contribution in [1.82, 2.24) is 4.90 Å². The maximum absolute atomic E-state index is 11.9. The van der Waals surface area contributed by atoms with Crippen molar-refractivity contribution < 1.29 is 4.79 Å². The average molecular weight is 260 g/mol. The molecule has 1 rings (SSSR count). The number of likely N-dealkylation sites (tertiary alicyclic amines) is 1. The van der Waals surface area contributed by atoms with E-state index in [-0.39, 0.29) is 5.38 Å². The highest BCUT2D eigenvalue weighted by Crippen LogP contribution is 2.17. The van der Waals surface area contributed by atoms with Gasteiger partial charge in [0, 0.05) is 24.9 Å². The largest absolute Gasteiger partial charge is 0.343 e. The summed E-state index contributed by atoms with van der Waals surface area (Å²) in [6, 6.07) is 0. The van der Waals surface area contributed by atoms with Gasteiger partial charge < -0.3 is 4.90 Å². The number of nitrogens with zero attached hydrogens (tertiary/aromatic N) is 1. The first-order chi connectivity index (χ1) is 8.24. The number of halogens is 1. The van der Waals surface area contributed by atoms with E-state index in [1.165, 1.54) is 32.1 Å². The minimum atomic E-state index is 0.285. The minimum absolute atomic E-state index is 0.285. The molecule has 1 fully saturated rings. The van der Waals surface area contributed by atoms with Crippen LogP contribution in [0.4, 0.5) is 0 Å². The van der Waals surface area contributed by atoms with Crippen LogP contribution in [0.2, 0.25) is 0 Å². The summed E-state index contributed by atoms with van der Waals surface area (Å²) in [6.45, 7) is 3.95. The van der Waals surface area contributed by atoms with Gasteiger partial charge in [-0.3, -0.25) is 4.79 Å². The lowest BCUT2D eigenvalue weighted by Gasteiger charge is -2.29. The van der Waals surface area contributed by atoms with Gasteiger partial charge >= 0.3 is 0 Å². The molecule has 1 saturated heterocycles. The Labute approximate surface area is 111 Å². The molecule has 3 heteroatoms. The third-order valence-corrected chi connectivity index (χ3v) is 3.96. The molecule has 0 bridgehead atoms. The van der Waals surface area contributed by atoms with Crippen molar-refractivity contribution in [3.05, 3.63) is 0 Å². The van der Waals surface area contributed by atoms with E-state index in [1.807, 2.05) is 4.90 Å². The van der Waals surface area contributed by atoms with Gasteiger partial charge in [0.1, 0.15) is 0 Å². The van der Waals surface area contributed by atoms with Gasteiger partial charge in [0.25, 0.3) is 0 Å². The van der Waals surface area contributed by atoms with Crippen LogP contribution in [-0.2, 0) is 4.79 Å². The van der Waals surface area contributed by atoms with E-state index in [1.54, 1.807) is 0 Å². The van der Waals surface area contributed by atoms with Crippen LogP contribution in [0.1, 0.15) is 64.7 Å². The maximum atomic E-state index is 11.9. The molecule has 0 atom stereocenters. The zero-order chi connectivity index (χ0) is 12.5. The summed E-state index contributed by atoms with van der Waals surface area (Å²) in [5.74, 6) is 0.337. The Bertz CT molecular complexity index is 212. The molecule has 0 saturated carbocycles. The van der Waals surface area contributed by atoms with Gasteiger partial charge in [-0.2, -0.15) is 0 Å². The van der Waals surface area contributed by atoms with Gasteiger partial charge in [-0.15, -0.1) is 11.6 Å². The molecule has 1 heterocycles. The molecular weight excluding hydrogens is 234 g/mol. The van der Waals surface area contributed by atoms with Gasteiger partial charge in [0.15, 0.2) is 0 Å². The summed E-state index contributed by atoms with van der Waals surface area (Å²) < 4.78 is 0. The summed E-state index contributed by atoms with van der Waals surface area (Å²) in [6.07, 6.45) is 10.1. The Morgan fingerprint density at radius 1 is 1.12 bits per heavy atom. The van der Waals surface area contributed by atoms with Crippen LogP contribution in [0, 0.1) is 0 Å². The number of rotatable bonds is 7. The van der Waals surface area contributed by atoms with Crippen molar-refractivity contribution in [3.63, 3.8) is 0 Å². The quantitative estimate of drug-likeness (QED) is 0.501. The third-order valence-electron chi connectivity index (χ3n) is 3.52. The Balaban J connectivity index is 2.01. The number of carbonyl (C=O) groups excluding carboxylic acids is 1. The predicted octanol–water partition coefficient (Wildman–Crippen LogP) is 3.97. The number of amides is 1. The Kier molecular flexibility index (Phi) is 7.67. The van der Waals surface area contributed by atoms with Crippen LogP contribution in [0.15, 0.2) is 0 Å². The van der Waals surface area contributed by atoms with Crippen molar-refractivity contribution in [2.75, 3.05) is 13.1 Å². The number of piperidine rings is 1. The topological polar surface area (TPSA) is 20.3 Å². The number of hydrogen-bond acceptors (Lipinski definition) is 1. The minimum Gasteiger partial charge on any atom is -0.343 e. The smallest absolute Gasteiger partial charge is 0.222 e. The summed E-state index contributed by atoms with van der Waals surface area (Å²) in [5, 5.41) is 0.285. The molecule has 0 radical (unpaired) electrons. The second-order valence-electron chi connectivity index (χ2n) is 5.07. The summed E-state index contributed by atoms with van der Waals surface area (Å²) >= 11 is 6.02. The van der Waals surface area contributed by atoms with Gasteiger partial charge in [0.05, 0.1) is 0 Å². The lowest BCUT2D eigenvalue weighted by atomic mass is 10.1. The number of hydrogen-bond donors (Lipinski definition) is 0. The van der Waals surface area contributed by atoms with Crippen molar-refractivity contribution in [3.8, 4) is 0 Å². The second kappa shape index (κ2) is 8.79. The predicted molar refractivity (Wildman–Crippen MR) is 73.4 cm³/mol. The van der Waals surface area contributed by atoms with Crippen molar-refractivity contribution in [2.45, 2.75) is 70.1 Å². The summed E-state index contributed by atoms with van der Waals surface area (Å²) in [5.41, 5.74) is 0. The van der Waals surface area contributed by atoms with Gasteiger partial charge in [0.2, 0.25) is 5.91 Å². The van der Waals surface area contributed by atoms with E-state index in [4.69, 9.17) is 11.6 Å². The monoisotopic (exact) mass is 259 g/mol. The Morgan fingerprint density at radius 3 is 2.35 bits per heavy atom. The SMILES string of the molecule is CCCCCCCCC(=O)N1CCC(Cl)CC1. The van der Waals surface area contributed by atoms with E-state index in [2.05, 4.69) is 6.92 Å². The second-order valence-corrected chi connectivity index (χ2v) is 5.69. The fraction of sp³-hybridized carbons (Fsp3) is 0.929. The molecule has 1 aliphatic heterocycles. The molecule has 0 aromatic rings. The molecule has 0 aromatic carbocycles. The highest BCUT2D eigenvalue weighted by Gasteiger charge is 2.20. The molecule has 0 aromatic heterocycles. The summed E-state index contributed by atoms with van der Waals surface area (Å²) in [4.78, 5) is 13.9. The van der Waals surface area contributed by atoms with Crippen LogP contribution < -0.4 is 0 Å². The molecule has 0 N–H and O–H groups in total. The fourth-order valence-corrected chi connectivity index (χ4v) is 2.51. The lowest BCUT2D eigenvalue weighted by molar-refractivity contribution is -0.132. The van der Waals surface area contributed by atoms with E-state index in [9.17, 15) is 4.79 Å². The normalized spacial score (nSPS) is 17.4. The molecule has 100 valence electrons. The zero-order valence-corrected chi connectivity index (χ0v) is 11.8. The van der Waals surface area contributed by atoms with Crippen LogP contribution in [0.25, 0.3) is 0 Å². The number of alkyl halides is 1. The molecule has 2 nitrogen and oxygen atoms in total. The first-order valence-corrected chi connectivity index (χ1v) is 7.59. The number of unbranched alkanes of at least 4 members (excludes halogenated alkanes) is 5. The molecule has 17 heavy (non-hydrogen) atoms. The van der Waals surface area contributed by atoms with E-state index in [0.29, 0.717) is 5.91 Å². The van der Waals surface area contributed by atoms with Crippen molar-refractivity contribution >= 4 is 17.5 Å². The molecule has 0 unspecified atom stereocenters. The maximum Gasteiger partial charge on any atom is 0.222 e. The molecule has 1 amide bonds. The van der Waals surface area contributed by atoms with E-state index in [0.717, 1.165) is 38.8 Å². The molecule has 0 aliphatic carbocycles. The third kappa shape index (κ3) is 6.30. The average Bonchev–Trinajstić information content (AvgIpc) is 2.34. The first-order valence-electron chi connectivity index (χ1n) is 7.16. The Hall–Kier alpha value is -0.240. The highest BCUT2D eigenvalue weighted by molar-refractivity contribution is 6.20. The van der Waals surface area contributed by atoms with Crippen LogP contribution in [0.3, 0.4) is 0 Å². The van der Waals surface area contributed by atoms with Crippen molar-refractivity contribution in [2.24, 2.45) is 0 Å². The van der Waals surface area contributed by atoms with Crippen LogP contribution in [0.5, 0.6) is 0 Å². The molecule has 1 aliphatic rings. The molecular formula is C14H26ClNO. The van der Waals surface area contributed by atoms with Crippen LogP contribution in [-0.4, -0.2) is 29.3 Å². The van der Waals surface area contributed by atoms with Gasteiger partial charge in [-0.25, -0.2) is 0 Å². The van der Waals surface area contributed by atoms with E-state index < -0.39 is 0 Å². The van der Waals surface area contributed by atoms with Crippen LogP contribution >= 0.6 is 11.6 Å². The van der Waals surface area contributed by atoms with Gasteiger partial charge in [-0.1, -0.05) is 39.0 Å².